The first kappa shape index (κ1) is 42.8. The summed E-state index contributed by atoms with van der Waals surface area (Å²) in [5.74, 6) is 1.76. The van der Waals surface area contributed by atoms with Crippen molar-refractivity contribution >= 4 is 32.3 Å². The Kier molecular flexibility index (Phi) is 10.2. The van der Waals surface area contributed by atoms with E-state index in [0.717, 1.165) is 55.6 Å². The molecule has 1 heterocycles. The zero-order valence-electron chi connectivity index (χ0n) is 40.0. The molecule has 12 aromatic carbocycles. The quantitative estimate of drug-likeness (QED) is 0.142. The van der Waals surface area contributed by atoms with Crippen LogP contribution in [0.3, 0.4) is 0 Å². The van der Waals surface area contributed by atoms with Gasteiger partial charge in [0, 0.05) is 16.7 Å². The van der Waals surface area contributed by atoms with Crippen LogP contribution in [-0.2, 0) is 0 Å². The van der Waals surface area contributed by atoms with E-state index >= 15 is 0 Å². The highest BCUT2D eigenvalue weighted by atomic mass is 15.0. The van der Waals surface area contributed by atoms with Crippen molar-refractivity contribution in [3.05, 3.63) is 260 Å². The van der Waals surface area contributed by atoms with Crippen molar-refractivity contribution < 1.29 is 0 Å². The van der Waals surface area contributed by atoms with E-state index in [1.807, 2.05) is 42.5 Å². The van der Waals surface area contributed by atoms with Gasteiger partial charge in [-0.3, -0.25) is 0 Å². The van der Waals surface area contributed by atoms with Gasteiger partial charge in [0.25, 0.3) is 0 Å². The fourth-order valence-corrected chi connectivity index (χ4v) is 11.2. The van der Waals surface area contributed by atoms with Crippen molar-refractivity contribution in [1.29, 1.82) is 5.26 Å². The Bertz CT molecular complexity index is 4420. The summed E-state index contributed by atoms with van der Waals surface area (Å²) in [6.45, 7) is 0. The van der Waals surface area contributed by atoms with Gasteiger partial charge in [0.1, 0.15) is 0 Å². The summed E-state index contributed by atoms with van der Waals surface area (Å²) in [4.78, 5) is 15.5. The van der Waals surface area contributed by atoms with Gasteiger partial charge in [0.05, 0.1) is 11.6 Å². The molecule has 0 fully saturated rings. The van der Waals surface area contributed by atoms with Crippen molar-refractivity contribution in [2.75, 3.05) is 0 Å². The Labute approximate surface area is 428 Å². The number of fused-ring (bicyclic) bond motifs is 6. The van der Waals surface area contributed by atoms with E-state index in [1.165, 1.54) is 71.3 Å². The Hall–Kier alpha value is -10.1. The van der Waals surface area contributed by atoms with E-state index in [-0.39, 0.29) is 0 Å². The molecule has 0 unspecified atom stereocenters. The van der Waals surface area contributed by atoms with Crippen LogP contribution in [0.2, 0.25) is 0 Å². The first-order chi connectivity index (χ1) is 36.6. The molecule has 0 saturated heterocycles. The van der Waals surface area contributed by atoms with Gasteiger partial charge in [-0.2, -0.15) is 5.26 Å². The minimum atomic E-state index is 0.572. The minimum absolute atomic E-state index is 0.572. The number of aromatic nitrogens is 3. The zero-order valence-corrected chi connectivity index (χ0v) is 40.0. The van der Waals surface area contributed by atoms with Crippen molar-refractivity contribution in [2.24, 2.45) is 0 Å². The van der Waals surface area contributed by atoms with Gasteiger partial charge in [-0.15, -0.1) is 0 Å². The van der Waals surface area contributed by atoms with E-state index in [2.05, 4.69) is 218 Å². The molecule has 1 aromatic heterocycles. The van der Waals surface area contributed by atoms with Crippen LogP contribution in [0.5, 0.6) is 0 Å². The maximum Gasteiger partial charge on any atom is 0.164 e. The molecule has 0 amide bonds. The summed E-state index contributed by atoms with van der Waals surface area (Å²) >= 11 is 0. The number of hydrogen-bond acceptors (Lipinski definition) is 4. The third kappa shape index (κ3) is 7.26. The number of nitriles is 1. The van der Waals surface area contributed by atoms with Crippen LogP contribution in [0.15, 0.2) is 255 Å². The van der Waals surface area contributed by atoms with Crippen LogP contribution in [0.4, 0.5) is 0 Å². The first-order valence-corrected chi connectivity index (χ1v) is 25.0. The molecule has 13 aromatic rings. The van der Waals surface area contributed by atoms with E-state index in [1.54, 1.807) is 0 Å². The van der Waals surface area contributed by atoms with Gasteiger partial charge in [-0.1, -0.05) is 224 Å². The van der Waals surface area contributed by atoms with Gasteiger partial charge >= 0.3 is 0 Å². The third-order valence-electron chi connectivity index (χ3n) is 14.7. The molecule has 0 N–H and O–H groups in total. The van der Waals surface area contributed by atoms with Gasteiger partial charge in [0.15, 0.2) is 17.5 Å². The highest BCUT2D eigenvalue weighted by Gasteiger charge is 2.23. The van der Waals surface area contributed by atoms with Gasteiger partial charge in [-0.05, 0) is 141 Å². The molecule has 74 heavy (non-hydrogen) atoms. The van der Waals surface area contributed by atoms with Crippen molar-refractivity contribution in [2.45, 2.75) is 0 Å². The Morgan fingerprint density at radius 1 is 0.243 bits per heavy atom. The molecule has 0 saturated carbocycles. The largest absolute Gasteiger partial charge is 0.208 e. The summed E-state index contributed by atoms with van der Waals surface area (Å²) in [5.41, 5.74) is 19.4. The van der Waals surface area contributed by atoms with Crippen LogP contribution in [0.25, 0.3) is 144 Å². The molecule has 0 spiro atoms. The molecule has 0 atom stereocenters. The van der Waals surface area contributed by atoms with Crippen LogP contribution >= 0.6 is 0 Å². The van der Waals surface area contributed by atoms with E-state index in [4.69, 9.17) is 15.0 Å². The molecule has 1 aliphatic rings. The summed E-state index contributed by atoms with van der Waals surface area (Å²) in [6, 6.07) is 92.3. The Balaban J connectivity index is 0.826. The molecule has 1 aliphatic carbocycles. The normalized spacial score (nSPS) is 11.5. The van der Waals surface area contributed by atoms with Crippen molar-refractivity contribution in [3.63, 3.8) is 0 Å². The minimum Gasteiger partial charge on any atom is -0.208 e. The summed E-state index contributed by atoms with van der Waals surface area (Å²) in [6.07, 6.45) is 0. The van der Waals surface area contributed by atoms with E-state index in [0.29, 0.717) is 23.0 Å². The van der Waals surface area contributed by atoms with Crippen LogP contribution in [-0.4, -0.2) is 15.0 Å². The molecule has 14 rings (SSSR count). The SMILES string of the molecule is N#Cc1ccc(-c2ccc(-c3ccccc3-c3cc4c5c(cccc5c3)-c3ccccc3-4)cc2)c(-c2ccc(-c3nc(-c4ccccc4)nc(-c4ccccc4-c4cc5ccccc5c5ccccc45)n3)cc2)c1. The fraction of sp³-hybridized carbons (Fsp3) is 0. The lowest BCUT2D eigenvalue weighted by molar-refractivity contribution is 1.07. The lowest BCUT2D eigenvalue weighted by atomic mass is 9.89. The smallest absolute Gasteiger partial charge is 0.164 e. The Morgan fingerprint density at radius 2 is 0.716 bits per heavy atom. The number of benzene rings is 12. The second kappa shape index (κ2) is 17.6. The molecule has 0 bridgehead atoms. The second-order valence-electron chi connectivity index (χ2n) is 19.0. The average Bonchev–Trinajstić information content (AvgIpc) is 3.83. The molecule has 4 heteroatoms. The van der Waals surface area contributed by atoms with Crippen molar-refractivity contribution in [1.82, 2.24) is 15.0 Å². The number of nitrogens with zero attached hydrogens (tertiary/aromatic N) is 4. The van der Waals surface area contributed by atoms with E-state index < -0.39 is 0 Å². The highest BCUT2D eigenvalue weighted by Crippen LogP contribution is 2.49. The molecular weight excluding hydrogens is 897 g/mol. The molecule has 4 nitrogen and oxygen atoms in total. The maximum atomic E-state index is 10.1. The Morgan fingerprint density at radius 3 is 1.41 bits per heavy atom. The molecule has 0 aliphatic heterocycles. The maximum absolute atomic E-state index is 10.1. The van der Waals surface area contributed by atoms with Crippen LogP contribution in [0, 0.1) is 11.3 Å². The zero-order chi connectivity index (χ0) is 49.1. The van der Waals surface area contributed by atoms with Crippen LogP contribution in [0.1, 0.15) is 5.56 Å². The van der Waals surface area contributed by atoms with Gasteiger partial charge < -0.3 is 0 Å². The molecular formula is C70H42N4. The molecule has 342 valence electrons. The topological polar surface area (TPSA) is 62.5 Å². The average molecular weight is 939 g/mol. The summed E-state index contributed by atoms with van der Waals surface area (Å²) in [7, 11) is 0. The lowest BCUT2D eigenvalue weighted by Crippen LogP contribution is -2.01. The standard InChI is InChI=1S/C70H42N4/c71-43-44-29-38-56(46-32-30-45(31-33-46)53-19-6-7-21-55(53)52-40-51-18-14-28-62-58-23-9-11-25-60(58)66(42-52)67(51)62)64(39-44)47-34-36-49(37-35-47)69-72-68(48-15-2-1-3-16-48)73-70(74-69)63-27-13-12-26-61(63)65-41-50-17-4-5-20-54(50)57-22-8-10-24-59(57)65/h1-42H. The summed E-state index contributed by atoms with van der Waals surface area (Å²) in [5, 5.41) is 17.5. The van der Waals surface area contributed by atoms with Crippen molar-refractivity contribution in [3.8, 4) is 118 Å². The third-order valence-corrected chi connectivity index (χ3v) is 14.7. The highest BCUT2D eigenvalue weighted by molar-refractivity contribution is 6.17. The molecule has 0 radical (unpaired) electrons. The fourth-order valence-electron chi connectivity index (χ4n) is 11.2. The lowest BCUT2D eigenvalue weighted by Gasteiger charge is -2.15. The van der Waals surface area contributed by atoms with Gasteiger partial charge in [-0.25, -0.2) is 15.0 Å². The predicted octanol–water partition coefficient (Wildman–Crippen LogP) is 18.2. The number of hydrogen-bond donors (Lipinski definition) is 0. The number of rotatable bonds is 8. The summed E-state index contributed by atoms with van der Waals surface area (Å²) < 4.78 is 0. The second-order valence-corrected chi connectivity index (χ2v) is 19.0. The van der Waals surface area contributed by atoms with Crippen LogP contribution < -0.4 is 0 Å². The van der Waals surface area contributed by atoms with Gasteiger partial charge in [0.2, 0.25) is 0 Å². The van der Waals surface area contributed by atoms with E-state index in [9.17, 15) is 5.26 Å². The predicted molar refractivity (Wildman–Crippen MR) is 305 cm³/mol. The first-order valence-electron chi connectivity index (χ1n) is 25.0. The monoisotopic (exact) mass is 938 g/mol.